The number of amides is 1. The van der Waals surface area contributed by atoms with Crippen molar-refractivity contribution in [1.29, 1.82) is 0 Å². The van der Waals surface area contributed by atoms with E-state index in [1.54, 1.807) is 7.11 Å². The topological polar surface area (TPSA) is 71.1 Å². The third-order valence-corrected chi connectivity index (χ3v) is 5.77. The highest BCUT2D eigenvalue weighted by Crippen LogP contribution is 2.30. The summed E-state index contributed by atoms with van der Waals surface area (Å²) in [6.45, 7) is 2.67. The van der Waals surface area contributed by atoms with E-state index in [-0.39, 0.29) is 5.91 Å². The van der Waals surface area contributed by atoms with E-state index in [4.69, 9.17) is 4.74 Å². The molecule has 150 valence electrons. The van der Waals surface area contributed by atoms with E-state index >= 15 is 0 Å². The number of aromatic amines is 1. The molecule has 6 nitrogen and oxygen atoms in total. The first-order chi connectivity index (χ1) is 14.1. The van der Waals surface area contributed by atoms with Crippen LogP contribution in [-0.2, 0) is 11.3 Å². The molecule has 0 aliphatic heterocycles. The minimum absolute atomic E-state index is 0.120. The summed E-state index contributed by atoms with van der Waals surface area (Å²) in [6, 6.07) is 16.3. The second kappa shape index (κ2) is 8.69. The molecule has 1 fully saturated rings. The van der Waals surface area contributed by atoms with Crippen molar-refractivity contribution in [2.24, 2.45) is 0 Å². The van der Waals surface area contributed by atoms with Crippen molar-refractivity contribution in [3.8, 4) is 17.1 Å². The minimum atomic E-state index is 0.120. The van der Waals surface area contributed by atoms with Gasteiger partial charge in [0.15, 0.2) is 5.82 Å². The smallest absolute Gasteiger partial charge is 0.233 e. The van der Waals surface area contributed by atoms with E-state index in [0.29, 0.717) is 23.5 Å². The predicted octanol–water partition coefficient (Wildman–Crippen LogP) is 4.07. The molecule has 7 heteroatoms. The summed E-state index contributed by atoms with van der Waals surface area (Å²) in [5.74, 6) is 1.99. The Morgan fingerprint density at radius 3 is 2.55 bits per heavy atom. The van der Waals surface area contributed by atoms with Crippen molar-refractivity contribution >= 4 is 17.7 Å². The van der Waals surface area contributed by atoms with Crippen molar-refractivity contribution in [3.05, 3.63) is 59.7 Å². The summed E-state index contributed by atoms with van der Waals surface area (Å²) in [5.41, 5.74) is 3.29. The molecule has 1 aliphatic carbocycles. The van der Waals surface area contributed by atoms with E-state index < -0.39 is 0 Å². The molecular weight excluding hydrogens is 384 g/mol. The van der Waals surface area contributed by atoms with E-state index in [0.717, 1.165) is 35.5 Å². The van der Waals surface area contributed by atoms with Crippen LogP contribution in [0.1, 0.15) is 24.0 Å². The SMILES string of the molecule is COc1ccc(CN(C(=O)CSc2n[nH]c(-c3ccc(C)cc3)n2)C2CC2)cc1. The summed E-state index contributed by atoms with van der Waals surface area (Å²) in [7, 11) is 1.65. The highest BCUT2D eigenvalue weighted by Gasteiger charge is 2.32. The maximum atomic E-state index is 12.9. The first-order valence-corrected chi connectivity index (χ1v) is 10.7. The molecule has 29 heavy (non-hydrogen) atoms. The minimum Gasteiger partial charge on any atom is -0.497 e. The van der Waals surface area contributed by atoms with Crippen LogP contribution >= 0.6 is 11.8 Å². The van der Waals surface area contributed by atoms with Gasteiger partial charge < -0.3 is 9.64 Å². The van der Waals surface area contributed by atoms with Crippen LogP contribution < -0.4 is 4.74 Å². The molecular formula is C22H24N4O2S. The maximum absolute atomic E-state index is 12.9. The number of aryl methyl sites for hydroxylation is 1. The Labute approximate surface area is 174 Å². The summed E-state index contributed by atoms with van der Waals surface area (Å²) in [5, 5.41) is 7.81. The molecule has 1 aromatic heterocycles. The molecule has 1 aliphatic rings. The summed E-state index contributed by atoms with van der Waals surface area (Å²) in [4.78, 5) is 19.3. The lowest BCUT2D eigenvalue weighted by Crippen LogP contribution is -2.34. The molecule has 0 saturated heterocycles. The third-order valence-electron chi connectivity index (χ3n) is 4.93. The molecule has 1 heterocycles. The van der Waals surface area contributed by atoms with Crippen molar-refractivity contribution in [3.63, 3.8) is 0 Å². The summed E-state index contributed by atoms with van der Waals surface area (Å²) < 4.78 is 5.21. The summed E-state index contributed by atoms with van der Waals surface area (Å²) in [6.07, 6.45) is 2.15. The van der Waals surface area contributed by atoms with E-state index in [2.05, 4.69) is 22.1 Å². The Balaban J connectivity index is 1.36. The van der Waals surface area contributed by atoms with E-state index in [1.165, 1.54) is 17.3 Å². The van der Waals surface area contributed by atoms with E-state index in [9.17, 15) is 4.79 Å². The van der Waals surface area contributed by atoms with Crippen LogP contribution in [0.3, 0.4) is 0 Å². The fraction of sp³-hybridized carbons (Fsp3) is 0.318. The Bertz CT molecular complexity index is 965. The predicted molar refractivity (Wildman–Crippen MR) is 114 cm³/mol. The Hall–Kier alpha value is -2.80. The quantitative estimate of drug-likeness (QED) is 0.569. The zero-order valence-electron chi connectivity index (χ0n) is 16.6. The number of thioether (sulfide) groups is 1. The normalized spacial score (nSPS) is 13.3. The average Bonchev–Trinajstić information content (AvgIpc) is 3.48. The number of nitrogens with zero attached hydrogens (tertiary/aromatic N) is 3. The molecule has 4 rings (SSSR count). The van der Waals surface area contributed by atoms with Crippen LogP contribution in [0, 0.1) is 6.92 Å². The molecule has 0 unspecified atom stereocenters. The van der Waals surface area contributed by atoms with Crippen molar-refractivity contribution in [1.82, 2.24) is 20.1 Å². The number of nitrogens with one attached hydrogen (secondary N) is 1. The van der Waals surface area contributed by atoms with Gasteiger partial charge in [-0.3, -0.25) is 9.89 Å². The molecule has 0 radical (unpaired) electrons. The number of ether oxygens (including phenoxy) is 1. The lowest BCUT2D eigenvalue weighted by atomic mass is 10.1. The molecule has 0 spiro atoms. The van der Waals surface area contributed by atoms with Gasteiger partial charge in [0.2, 0.25) is 11.1 Å². The van der Waals surface area contributed by atoms with Gasteiger partial charge in [0, 0.05) is 18.2 Å². The number of aromatic nitrogens is 3. The second-order valence-corrected chi connectivity index (χ2v) is 8.16. The van der Waals surface area contributed by atoms with Crippen LogP contribution in [0.25, 0.3) is 11.4 Å². The van der Waals surface area contributed by atoms with Crippen molar-refractivity contribution in [2.45, 2.75) is 37.5 Å². The number of H-pyrrole nitrogens is 1. The van der Waals surface area contributed by atoms with Crippen LogP contribution in [0.5, 0.6) is 5.75 Å². The highest BCUT2D eigenvalue weighted by molar-refractivity contribution is 7.99. The molecule has 1 saturated carbocycles. The first kappa shape index (κ1) is 19.5. The largest absolute Gasteiger partial charge is 0.497 e. The van der Waals surface area contributed by atoms with Crippen molar-refractivity contribution < 1.29 is 9.53 Å². The first-order valence-electron chi connectivity index (χ1n) is 9.67. The van der Waals surface area contributed by atoms with Gasteiger partial charge in [0.05, 0.1) is 12.9 Å². The summed E-state index contributed by atoms with van der Waals surface area (Å²) >= 11 is 1.37. The fourth-order valence-electron chi connectivity index (χ4n) is 3.10. The van der Waals surface area contributed by atoms with Gasteiger partial charge in [-0.05, 0) is 37.5 Å². The number of benzene rings is 2. The number of hydrogen-bond donors (Lipinski definition) is 1. The molecule has 0 bridgehead atoms. The molecule has 3 aromatic rings. The number of methoxy groups -OCH3 is 1. The molecule has 0 atom stereocenters. The number of carbonyl (C=O) groups excluding carboxylic acids is 1. The van der Waals surface area contributed by atoms with Gasteiger partial charge in [-0.15, -0.1) is 5.10 Å². The monoisotopic (exact) mass is 408 g/mol. The lowest BCUT2D eigenvalue weighted by molar-refractivity contribution is -0.129. The Morgan fingerprint density at radius 2 is 1.90 bits per heavy atom. The van der Waals surface area contributed by atoms with Gasteiger partial charge in [-0.1, -0.05) is 53.7 Å². The average molecular weight is 409 g/mol. The third kappa shape index (κ3) is 4.98. The second-order valence-electron chi connectivity index (χ2n) is 7.22. The Morgan fingerprint density at radius 1 is 1.17 bits per heavy atom. The number of hydrogen-bond acceptors (Lipinski definition) is 5. The van der Waals surface area contributed by atoms with Gasteiger partial charge in [0.25, 0.3) is 0 Å². The zero-order chi connectivity index (χ0) is 20.2. The van der Waals surface area contributed by atoms with Crippen LogP contribution in [0.15, 0.2) is 53.7 Å². The molecule has 1 N–H and O–H groups in total. The highest BCUT2D eigenvalue weighted by atomic mass is 32.2. The standard InChI is InChI=1S/C22H24N4O2S/c1-15-3-7-17(8-4-15)21-23-22(25-24-21)29-14-20(27)26(18-9-10-18)13-16-5-11-19(28-2)12-6-16/h3-8,11-12,18H,9-10,13-14H2,1-2H3,(H,23,24,25). The molecule has 1 amide bonds. The molecule has 2 aromatic carbocycles. The van der Waals surface area contributed by atoms with Gasteiger partial charge in [-0.25, -0.2) is 4.98 Å². The van der Waals surface area contributed by atoms with Gasteiger partial charge in [0.1, 0.15) is 5.75 Å². The lowest BCUT2D eigenvalue weighted by Gasteiger charge is -2.22. The number of rotatable bonds is 8. The van der Waals surface area contributed by atoms with Crippen LogP contribution in [-0.4, -0.2) is 44.9 Å². The number of carbonyl (C=O) groups is 1. The van der Waals surface area contributed by atoms with Crippen molar-refractivity contribution in [2.75, 3.05) is 12.9 Å². The fourth-order valence-corrected chi connectivity index (χ4v) is 3.78. The maximum Gasteiger partial charge on any atom is 0.233 e. The van der Waals surface area contributed by atoms with Crippen LogP contribution in [0.2, 0.25) is 0 Å². The van der Waals surface area contributed by atoms with Gasteiger partial charge in [-0.2, -0.15) is 0 Å². The Kier molecular flexibility index (Phi) is 5.85. The van der Waals surface area contributed by atoms with Crippen LogP contribution in [0.4, 0.5) is 0 Å². The zero-order valence-corrected chi connectivity index (χ0v) is 17.4. The van der Waals surface area contributed by atoms with Gasteiger partial charge >= 0.3 is 0 Å². The van der Waals surface area contributed by atoms with E-state index in [1.807, 2.05) is 53.4 Å².